The van der Waals surface area contributed by atoms with Crippen LogP contribution < -0.4 is 11.1 Å². The standard InChI is InChI=1S/C14H26N2O2/c1-10-9-11(15)3-4-12(10)13(17)16-14(2)5-7-18-8-6-14/h10-12H,3-9,15H2,1-2H3,(H,16,17). The topological polar surface area (TPSA) is 64.4 Å². The first-order valence-electron chi connectivity index (χ1n) is 7.15. The van der Waals surface area contributed by atoms with Gasteiger partial charge in [0.25, 0.3) is 0 Å². The molecule has 3 atom stereocenters. The fourth-order valence-corrected chi connectivity index (χ4v) is 3.16. The van der Waals surface area contributed by atoms with Crippen molar-refractivity contribution in [1.29, 1.82) is 0 Å². The SMILES string of the molecule is CC1CC(N)CCC1C(=O)NC1(C)CCOCC1. The van der Waals surface area contributed by atoms with E-state index in [0.717, 1.165) is 45.3 Å². The van der Waals surface area contributed by atoms with Gasteiger partial charge >= 0.3 is 0 Å². The van der Waals surface area contributed by atoms with Crippen LogP contribution in [-0.4, -0.2) is 30.7 Å². The largest absolute Gasteiger partial charge is 0.381 e. The zero-order valence-electron chi connectivity index (χ0n) is 11.6. The Hall–Kier alpha value is -0.610. The van der Waals surface area contributed by atoms with E-state index in [1.807, 2.05) is 0 Å². The van der Waals surface area contributed by atoms with E-state index in [9.17, 15) is 4.79 Å². The van der Waals surface area contributed by atoms with Crippen molar-refractivity contribution in [2.24, 2.45) is 17.6 Å². The van der Waals surface area contributed by atoms with Crippen molar-refractivity contribution in [3.05, 3.63) is 0 Å². The zero-order chi connectivity index (χ0) is 13.2. The van der Waals surface area contributed by atoms with Gasteiger partial charge in [-0.05, 0) is 44.9 Å². The van der Waals surface area contributed by atoms with E-state index in [4.69, 9.17) is 10.5 Å². The molecule has 0 aromatic carbocycles. The Balaban J connectivity index is 1.90. The average molecular weight is 254 g/mol. The normalized spacial score (nSPS) is 36.1. The minimum atomic E-state index is -0.0748. The Labute approximate surface area is 110 Å². The molecule has 1 aliphatic heterocycles. The molecule has 0 aromatic rings. The van der Waals surface area contributed by atoms with Gasteiger partial charge in [0.05, 0.1) is 0 Å². The summed E-state index contributed by atoms with van der Waals surface area (Å²) in [6.07, 6.45) is 4.71. The van der Waals surface area contributed by atoms with E-state index >= 15 is 0 Å². The van der Waals surface area contributed by atoms with Crippen LogP contribution in [0.3, 0.4) is 0 Å². The predicted molar refractivity (Wildman–Crippen MR) is 71.1 cm³/mol. The lowest BCUT2D eigenvalue weighted by molar-refractivity contribution is -0.130. The first-order chi connectivity index (χ1) is 8.50. The molecular formula is C14H26N2O2. The molecule has 2 rings (SSSR count). The Morgan fingerprint density at radius 2 is 2.00 bits per heavy atom. The van der Waals surface area contributed by atoms with Crippen molar-refractivity contribution in [2.45, 2.75) is 57.5 Å². The second-order valence-corrected chi connectivity index (χ2v) is 6.32. The Bertz CT molecular complexity index is 300. The Kier molecular flexibility index (Phi) is 4.28. The number of nitrogens with one attached hydrogen (secondary N) is 1. The van der Waals surface area contributed by atoms with Crippen LogP contribution in [0, 0.1) is 11.8 Å². The number of nitrogens with two attached hydrogens (primary N) is 1. The van der Waals surface area contributed by atoms with Crippen molar-refractivity contribution in [1.82, 2.24) is 5.32 Å². The van der Waals surface area contributed by atoms with Gasteiger partial charge in [-0.1, -0.05) is 6.92 Å². The molecular weight excluding hydrogens is 228 g/mol. The second-order valence-electron chi connectivity index (χ2n) is 6.32. The van der Waals surface area contributed by atoms with Gasteiger partial charge in [0.1, 0.15) is 0 Å². The third-order valence-corrected chi connectivity index (χ3v) is 4.57. The van der Waals surface area contributed by atoms with Crippen molar-refractivity contribution < 1.29 is 9.53 Å². The van der Waals surface area contributed by atoms with Crippen LogP contribution in [-0.2, 0) is 9.53 Å². The second kappa shape index (κ2) is 5.57. The van der Waals surface area contributed by atoms with Gasteiger partial charge in [0.15, 0.2) is 0 Å². The third-order valence-electron chi connectivity index (χ3n) is 4.57. The van der Waals surface area contributed by atoms with Crippen LogP contribution in [0.15, 0.2) is 0 Å². The first kappa shape index (κ1) is 13.8. The Morgan fingerprint density at radius 3 is 2.61 bits per heavy atom. The highest BCUT2D eigenvalue weighted by atomic mass is 16.5. The molecule has 1 heterocycles. The monoisotopic (exact) mass is 254 g/mol. The average Bonchev–Trinajstić information content (AvgIpc) is 2.28. The Morgan fingerprint density at radius 1 is 1.33 bits per heavy atom. The van der Waals surface area contributed by atoms with Gasteiger partial charge in [-0.3, -0.25) is 4.79 Å². The molecule has 3 unspecified atom stereocenters. The summed E-state index contributed by atoms with van der Waals surface area (Å²) >= 11 is 0. The molecule has 1 aliphatic carbocycles. The summed E-state index contributed by atoms with van der Waals surface area (Å²) in [4.78, 5) is 12.4. The number of hydrogen-bond acceptors (Lipinski definition) is 3. The minimum absolute atomic E-state index is 0.0748. The lowest BCUT2D eigenvalue weighted by atomic mass is 9.77. The van der Waals surface area contributed by atoms with Crippen LogP contribution in [0.1, 0.15) is 46.0 Å². The maximum absolute atomic E-state index is 12.4. The molecule has 1 saturated heterocycles. The minimum Gasteiger partial charge on any atom is -0.381 e. The van der Waals surface area contributed by atoms with Crippen molar-refractivity contribution >= 4 is 5.91 Å². The maximum Gasteiger partial charge on any atom is 0.223 e. The van der Waals surface area contributed by atoms with Crippen molar-refractivity contribution in [3.8, 4) is 0 Å². The molecule has 4 heteroatoms. The predicted octanol–water partition coefficient (Wildman–Crippen LogP) is 1.44. The molecule has 0 aromatic heterocycles. The van der Waals surface area contributed by atoms with E-state index in [2.05, 4.69) is 19.2 Å². The molecule has 3 N–H and O–H groups in total. The summed E-state index contributed by atoms with van der Waals surface area (Å²) in [6, 6.07) is 0.280. The van der Waals surface area contributed by atoms with Gasteiger partial charge in [0.2, 0.25) is 5.91 Å². The maximum atomic E-state index is 12.4. The highest BCUT2D eigenvalue weighted by Gasteiger charge is 2.35. The number of amides is 1. The molecule has 1 amide bonds. The lowest BCUT2D eigenvalue weighted by Gasteiger charge is -2.38. The number of ether oxygens (including phenoxy) is 1. The smallest absolute Gasteiger partial charge is 0.223 e. The number of carbonyl (C=O) groups is 1. The molecule has 4 nitrogen and oxygen atoms in total. The summed E-state index contributed by atoms with van der Waals surface area (Å²) in [5.41, 5.74) is 5.87. The van der Waals surface area contributed by atoms with Crippen molar-refractivity contribution in [3.63, 3.8) is 0 Å². The number of rotatable bonds is 2. The van der Waals surface area contributed by atoms with E-state index in [-0.39, 0.29) is 23.4 Å². The van der Waals surface area contributed by atoms with Crippen LogP contribution in [0.25, 0.3) is 0 Å². The third kappa shape index (κ3) is 3.23. The van der Waals surface area contributed by atoms with Gasteiger partial charge in [0, 0.05) is 30.7 Å². The van der Waals surface area contributed by atoms with Gasteiger partial charge in [-0.15, -0.1) is 0 Å². The summed E-state index contributed by atoms with van der Waals surface area (Å²) in [5.74, 6) is 0.764. The van der Waals surface area contributed by atoms with E-state index in [1.165, 1.54) is 0 Å². The molecule has 18 heavy (non-hydrogen) atoms. The van der Waals surface area contributed by atoms with Gasteiger partial charge in [-0.25, -0.2) is 0 Å². The number of hydrogen-bond donors (Lipinski definition) is 2. The zero-order valence-corrected chi connectivity index (χ0v) is 11.6. The molecule has 2 aliphatic rings. The van der Waals surface area contributed by atoms with Crippen LogP contribution in [0.4, 0.5) is 0 Å². The molecule has 2 fully saturated rings. The summed E-state index contributed by atoms with van der Waals surface area (Å²) in [7, 11) is 0. The van der Waals surface area contributed by atoms with E-state index < -0.39 is 0 Å². The summed E-state index contributed by atoms with van der Waals surface area (Å²) in [5, 5.41) is 3.25. The van der Waals surface area contributed by atoms with Crippen LogP contribution in [0.2, 0.25) is 0 Å². The molecule has 0 bridgehead atoms. The molecule has 1 saturated carbocycles. The lowest BCUT2D eigenvalue weighted by Crippen LogP contribution is -2.53. The van der Waals surface area contributed by atoms with Crippen molar-refractivity contribution in [2.75, 3.05) is 13.2 Å². The highest BCUT2D eigenvalue weighted by molar-refractivity contribution is 5.79. The molecule has 104 valence electrons. The van der Waals surface area contributed by atoms with E-state index in [0.29, 0.717) is 5.92 Å². The summed E-state index contributed by atoms with van der Waals surface area (Å²) < 4.78 is 5.36. The molecule has 0 spiro atoms. The quantitative estimate of drug-likeness (QED) is 0.783. The highest BCUT2D eigenvalue weighted by Crippen LogP contribution is 2.30. The van der Waals surface area contributed by atoms with Gasteiger partial charge in [-0.2, -0.15) is 0 Å². The first-order valence-corrected chi connectivity index (χ1v) is 7.15. The fraction of sp³-hybridized carbons (Fsp3) is 0.929. The van der Waals surface area contributed by atoms with Gasteiger partial charge < -0.3 is 15.8 Å². The molecule has 0 radical (unpaired) electrons. The van der Waals surface area contributed by atoms with E-state index in [1.54, 1.807) is 0 Å². The van der Waals surface area contributed by atoms with Crippen LogP contribution in [0.5, 0.6) is 0 Å². The fourth-order valence-electron chi connectivity index (χ4n) is 3.16. The number of carbonyl (C=O) groups excluding carboxylic acids is 1. The summed E-state index contributed by atoms with van der Waals surface area (Å²) in [6.45, 7) is 5.78. The van der Waals surface area contributed by atoms with Crippen LogP contribution >= 0.6 is 0 Å².